The van der Waals surface area contributed by atoms with E-state index in [0.717, 1.165) is 0 Å². The molecule has 22 heavy (non-hydrogen) atoms. The van der Waals surface area contributed by atoms with Crippen molar-refractivity contribution >= 4 is 35.3 Å². The predicted molar refractivity (Wildman–Crippen MR) is 83.9 cm³/mol. The summed E-state index contributed by atoms with van der Waals surface area (Å²) in [5, 5.41) is 15.6. The summed E-state index contributed by atoms with van der Waals surface area (Å²) in [6, 6.07) is 12.8. The van der Waals surface area contributed by atoms with E-state index in [9.17, 15) is 14.7 Å². The van der Waals surface area contributed by atoms with Crippen LogP contribution >= 0.6 is 11.6 Å². The fraction of sp³-hybridized carbons (Fsp3) is 0. The molecule has 0 aliphatic heterocycles. The summed E-state index contributed by atoms with van der Waals surface area (Å²) in [7, 11) is 0. The Morgan fingerprint density at radius 3 is 2.59 bits per heavy atom. The molecule has 6 nitrogen and oxygen atoms in total. The quantitative estimate of drug-likeness (QED) is 0.460. The Balaban J connectivity index is 1.92. The highest BCUT2D eigenvalue weighted by atomic mass is 35.5. The Labute approximate surface area is 131 Å². The van der Waals surface area contributed by atoms with Crippen LogP contribution in [0.2, 0.25) is 5.02 Å². The minimum atomic E-state index is -0.934. The number of aromatic hydroxyl groups is 1. The van der Waals surface area contributed by atoms with Crippen LogP contribution in [0.25, 0.3) is 0 Å². The highest BCUT2D eigenvalue weighted by Gasteiger charge is 2.13. The largest absolute Gasteiger partial charge is 0.508 e. The number of amides is 2. The molecule has 0 saturated carbocycles. The first-order chi connectivity index (χ1) is 10.6. The molecule has 112 valence electrons. The number of hydrazone groups is 1. The third-order valence-corrected chi connectivity index (χ3v) is 2.91. The number of nitrogens with one attached hydrogen (secondary N) is 2. The number of rotatable bonds is 3. The van der Waals surface area contributed by atoms with E-state index in [0.29, 0.717) is 16.3 Å². The molecule has 0 aliphatic rings. The summed E-state index contributed by atoms with van der Waals surface area (Å²) in [6.07, 6.45) is 1.31. The minimum absolute atomic E-state index is 0.0757. The molecule has 0 saturated heterocycles. The molecule has 2 rings (SSSR count). The Morgan fingerprint density at radius 1 is 1.09 bits per heavy atom. The Morgan fingerprint density at radius 2 is 1.86 bits per heavy atom. The van der Waals surface area contributed by atoms with E-state index in [-0.39, 0.29) is 5.75 Å². The molecule has 0 unspecified atom stereocenters. The second kappa shape index (κ2) is 7.24. The smallest absolute Gasteiger partial charge is 0.329 e. The van der Waals surface area contributed by atoms with Crippen molar-refractivity contribution in [1.82, 2.24) is 5.43 Å². The normalized spacial score (nSPS) is 10.4. The fourth-order valence-electron chi connectivity index (χ4n) is 1.56. The lowest BCUT2D eigenvalue weighted by Crippen LogP contribution is -2.32. The summed E-state index contributed by atoms with van der Waals surface area (Å²) < 4.78 is 0. The van der Waals surface area contributed by atoms with Crippen LogP contribution in [0.15, 0.2) is 53.6 Å². The SMILES string of the molecule is O=C(N/N=C\c1cccc(O)c1)C(=O)Nc1ccccc1Cl. The van der Waals surface area contributed by atoms with Gasteiger partial charge in [0.2, 0.25) is 0 Å². The third kappa shape index (κ3) is 4.32. The van der Waals surface area contributed by atoms with Crippen LogP contribution in [0.5, 0.6) is 5.75 Å². The maximum Gasteiger partial charge on any atom is 0.329 e. The number of carbonyl (C=O) groups excluding carboxylic acids is 2. The van der Waals surface area contributed by atoms with Crippen LogP contribution in [-0.4, -0.2) is 23.1 Å². The number of nitrogens with zero attached hydrogens (tertiary/aromatic N) is 1. The highest BCUT2D eigenvalue weighted by Crippen LogP contribution is 2.20. The number of hydrogen-bond acceptors (Lipinski definition) is 4. The number of halogens is 1. The van der Waals surface area contributed by atoms with Crippen LogP contribution in [0.1, 0.15) is 5.56 Å². The molecule has 0 atom stereocenters. The second-order valence-corrected chi connectivity index (χ2v) is 4.64. The third-order valence-electron chi connectivity index (χ3n) is 2.58. The molecule has 0 bridgehead atoms. The van der Waals surface area contributed by atoms with Gasteiger partial charge in [-0.25, -0.2) is 5.43 Å². The van der Waals surface area contributed by atoms with Gasteiger partial charge in [0, 0.05) is 0 Å². The summed E-state index contributed by atoms with van der Waals surface area (Å²) >= 11 is 5.87. The number of para-hydroxylation sites is 1. The molecule has 0 heterocycles. The topological polar surface area (TPSA) is 90.8 Å². The zero-order valence-corrected chi connectivity index (χ0v) is 12.0. The number of phenolic OH excluding ortho intramolecular Hbond substituents is 1. The van der Waals surface area contributed by atoms with Gasteiger partial charge in [0.1, 0.15) is 5.75 Å². The van der Waals surface area contributed by atoms with Gasteiger partial charge in [0.25, 0.3) is 0 Å². The molecule has 0 aliphatic carbocycles. The molecule has 2 aromatic rings. The van der Waals surface area contributed by atoms with Crippen LogP contribution in [-0.2, 0) is 9.59 Å². The van der Waals surface area contributed by atoms with Crippen LogP contribution in [0, 0.1) is 0 Å². The standard InChI is InChI=1S/C15H12ClN3O3/c16-12-6-1-2-7-13(12)18-14(21)15(22)19-17-9-10-4-3-5-11(20)8-10/h1-9,20H,(H,18,21)(H,19,22)/b17-9-. The van der Waals surface area contributed by atoms with E-state index < -0.39 is 11.8 Å². The van der Waals surface area contributed by atoms with Gasteiger partial charge in [-0.05, 0) is 29.8 Å². The van der Waals surface area contributed by atoms with Gasteiger partial charge in [0.05, 0.1) is 16.9 Å². The van der Waals surface area contributed by atoms with Crippen molar-refractivity contribution in [3.05, 3.63) is 59.1 Å². The lowest BCUT2D eigenvalue weighted by Gasteiger charge is -2.05. The zero-order chi connectivity index (χ0) is 15.9. The monoisotopic (exact) mass is 317 g/mol. The van der Waals surface area contributed by atoms with E-state index in [1.54, 1.807) is 36.4 Å². The van der Waals surface area contributed by atoms with Gasteiger partial charge in [-0.15, -0.1) is 0 Å². The molecule has 0 aromatic heterocycles. The van der Waals surface area contributed by atoms with Crippen molar-refractivity contribution in [2.24, 2.45) is 5.10 Å². The molecule has 0 radical (unpaired) electrons. The van der Waals surface area contributed by atoms with Crippen LogP contribution in [0.3, 0.4) is 0 Å². The number of phenols is 1. The Hall–Kier alpha value is -2.86. The van der Waals surface area contributed by atoms with Crippen LogP contribution in [0.4, 0.5) is 5.69 Å². The molecule has 0 fully saturated rings. The van der Waals surface area contributed by atoms with Crippen molar-refractivity contribution in [2.45, 2.75) is 0 Å². The van der Waals surface area contributed by atoms with Crippen molar-refractivity contribution < 1.29 is 14.7 Å². The van der Waals surface area contributed by atoms with Gasteiger partial charge < -0.3 is 10.4 Å². The fourth-order valence-corrected chi connectivity index (χ4v) is 1.75. The first-order valence-electron chi connectivity index (χ1n) is 6.24. The lowest BCUT2D eigenvalue weighted by atomic mass is 10.2. The summed E-state index contributed by atoms with van der Waals surface area (Å²) in [5.74, 6) is -1.75. The Bertz CT molecular complexity index is 731. The first-order valence-corrected chi connectivity index (χ1v) is 6.62. The summed E-state index contributed by atoms with van der Waals surface area (Å²) in [6.45, 7) is 0. The van der Waals surface area contributed by atoms with Crippen LogP contribution < -0.4 is 10.7 Å². The Kier molecular flexibility index (Phi) is 5.11. The number of benzene rings is 2. The van der Waals surface area contributed by atoms with E-state index in [2.05, 4.69) is 15.8 Å². The van der Waals surface area contributed by atoms with Gasteiger partial charge in [-0.3, -0.25) is 9.59 Å². The van der Waals surface area contributed by atoms with Gasteiger partial charge in [0.15, 0.2) is 0 Å². The van der Waals surface area contributed by atoms with E-state index in [1.165, 1.54) is 18.3 Å². The van der Waals surface area contributed by atoms with E-state index >= 15 is 0 Å². The molecular weight excluding hydrogens is 306 g/mol. The average Bonchev–Trinajstić information content (AvgIpc) is 2.49. The number of anilines is 1. The van der Waals surface area contributed by atoms with Crippen molar-refractivity contribution in [3.8, 4) is 5.75 Å². The molecule has 0 spiro atoms. The van der Waals surface area contributed by atoms with Gasteiger partial charge in [-0.2, -0.15) is 5.10 Å². The lowest BCUT2D eigenvalue weighted by molar-refractivity contribution is -0.136. The molecular formula is C15H12ClN3O3. The average molecular weight is 318 g/mol. The van der Waals surface area contributed by atoms with E-state index in [1.807, 2.05) is 0 Å². The second-order valence-electron chi connectivity index (χ2n) is 4.23. The maximum absolute atomic E-state index is 11.7. The zero-order valence-electron chi connectivity index (χ0n) is 11.3. The molecule has 3 N–H and O–H groups in total. The number of hydrogen-bond donors (Lipinski definition) is 3. The van der Waals surface area contributed by atoms with Crippen molar-refractivity contribution in [2.75, 3.05) is 5.32 Å². The van der Waals surface area contributed by atoms with Crippen molar-refractivity contribution in [3.63, 3.8) is 0 Å². The molecule has 2 amide bonds. The predicted octanol–water partition coefficient (Wildman–Crippen LogP) is 2.13. The first kappa shape index (κ1) is 15.5. The molecule has 2 aromatic carbocycles. The van der Waals surface area contributed by atoms with Gasteiger partial charge >= 0.3 is 11.8 Å². The summed E-state index contributed by atoms with van der Waals surface area (Å²) in [5.41, 5.74) is 2.99. The highest BCUT2D eigenvalue weighted by molar-refractivity contribution is 6.41. The summed E-state index contributed by atoms with van der Waals surface area (Å²) in [4.78, 5) is 23.3. The van der Waals surface area contributed by atoms with Crippen molar-refractivity contribution in [1.29, 1.82) is 0 Å². The minimum Gasteiger partial charge on any atom is -0.508 e. The van der Waals surface area contributed by atoms with Gasteiger partial charge in [-0.1, -0.05) is 35.9 Å². The number of carbonyl (C=O) groups is 2. The van der Waals surface area contributed by atoms with E-state index in [4.69, 9.17) is 11.6 Å². The maximum atomic E-state index is 11.7. The molecule has 7 heteroatoms.